The smallest absolute Gasteiger partial charge is 0.266 e. The molecule has 0 saturated heterocycles. The highest BCUT2D eigenvalue weighted by molar-refractivity contribution is 7.92. The van der Waals surface area contributed by atoms with E-state index in [1.807, 2.05) is 0 Å². The van der Waals surface area contributed by atoms with Gasteiger partial charge < -0.3 is 0 Å². The molecule has 12 heteroatoms. The predicted molar refractivity (Wildman–Crippen MR) is 96.5 cm³/mol. The fraction of sp³-hybridized carbons (Fsp3) is 0.250. The van der Waals surface area contributed by atoms with Gasteiger partial charge in [0.25, 0.3) is 10.0 Å². The summed E-state index contributed by atoms with van der Waals surface area (Å²) >= 11 is 5.97. The Hall–Kier alpha value is -2.53. The Morgan fingerprint density at radius 3 is 2.54 bits per heavy atom. The molecule has 0 spiro atoms. The molecule has 0 fully saturated rings. The zero-order valence-corrected chi connectivity index (χ0v) is 16.3. The van der Waals surface area contributed by atoms with E-state index < -0.39 is 22.4 Å². The third kappa shape index (κ3) is 3.85. The summed E-state index contributed by atoms with van der Waals surface area (Å²) in [5.41, 5.74) is -0.0629. The van der Waals surface area contributed by atoms with Crippen molar-refractivity contribution < 1.29 is 21.6 Å². The molecule has 0 aliphatic heterocycles. The monoisotopic (exact) mass is 433 g/mol. The maximum atomic E-state index is 13.9. The summed E-state index contributed by atoms with van der Waals surface area (Å²) in [4.78, 5) is -0.348. The predicted octanol–water partition coefficient (Wildman–Crippen LogP) is 3.73. The van der Waals surface area contributed by atoms with Crippen LogP contribution in [0.25, 0.3) is 0 Å². The SMILES string of the molecule is Cc1nn(C(F)F)c(C)c1S(=O)(=O)Nc1ccn(Cc2c(F)cccc2Cl)n1. The van der Waals surface area contributed by atoms with Crippen molar-refractivity contribution in [1.82, 2.24) is 19.6 Å². The molecule has 0 aliphatic carbocycles. The van der Waals surface area contributed by atoms with Crippen LogP contribution in [-0.4, -0.2) is 28.0 Å². The van der Waals surface area contributed by atoms with Crippen molar-refractivity contribution in [2.75, 3.05) is 4.72 Å². The van der Waals surface area contributed by atoms with Crippen LogP contribution in [0.2, 0.25) is 5.02 Å². The van der Waals surface area contributed by atoms with Crippen LogP contribution in [0.5, 0.6) is 0 Å². The van der Waals surface area contributed by atoms with Gasteiger partial charge in [-0.1, -0.05) is 17.7 Å². The fourth-order valence-electron chi connectivity index (χ4n) is 2.77. The van der Waals surface area contributed by atoms with Crippen molar-refractivity contribution in [1.29, 1.82) is 0 Å². The van der Waals surface area contributed by atoms with E-state index in [2.05, 4.69) is 14.9 Å². The molecule has 3 rings (SSSR count). The number of aryl methyl sites for hydroxylation is 1. The van der Waals surface area contributed by atoms with Gasteiger partial charge in [0.05, 0.1) is 17.9 Å². The van der Waals surface area contributed by atoms with E-state index in [1.54, 1.807) is 0 Å². The fourth-order valence-corrected chi connectivity index (χ4v) is 4.39. The van der Waals surface area contributed by atoms with E-state index in [0.29, 0.717) is 4.68 Å². The second-order valence-corrected chi connectivity index (χ2v) is 7.95. The van der Waals surface area contributed by atoms with E-state index in [0.717, 1.165) is 0 Å². The van der Waals surface area contributed by atoms with Crippen molar-refractivity contribution in [3.63, 3.8) is 0 Å². The van der Waals surface area contributed by atoms with Gasteiger partial charge >= 0.3 is 6.55 Å². The molecule has 150 valence electrons. The highest BCUT2D eigenvalue weighted by atomic mass is 35.5. The number of hydrogen-bond donors (Lipinski definition) is 1. The Morgan fingerprint density at radius 1 is 1.21 bits per heavy atom. The summed E-state index contributed by atoms with van der Waals surface area (Å²) in [6.45, 7) is -0.430. The number of sulfonamides is 1. The van der Waals surface area contributed by atoms with E-state index in [1.165, 1.54) is 49.0 Å². The number of aromatic nitrogens is 4. The lowest BCUT2D eigenvalue weighted by molar-refractivity contribution is 0.0538. The molecular formula is C16H15ClF3N5O2S. The molecule has 0 bridgehead atoms. The molecule has 0 atom stereocenters. The average Bonchev–Trinajstić information content (AvgIpc) is 3.14. The molecule has 2 heterocycles. The summed E-state index contributed by atoms with van der Waals surface area (Å²) in [5, 5.41) is 7.80. The second-order valence-electron chi connectivity index (χ2n) is 5.93. The van der Waals surface area contributed by atoms with Gasteiger partial charge in [-0.2, -0.15) is 19.0 Å². The molecule has 3 aromatic rings. The van der Waals surface area contributed by atoms with Crippen molar-refractivity contribution in [3.8, 4) is 0 Å². The van der Waals surface area contributed by atoms with Gasteiger partial charge in [0.1, 0.15) is 10.7 Å². The first-order valence-corrected chi connectivity index (χ1v) is 9.79. The molecule has 2 aromatic heterocycles. The number of nitrogens with one attached hydrogen (secondary N) is 1. The van der Waals surface area contributed by atoms with Crippen LogP contribution in [0.3, 0.4) is 0 Å². The number of halogens is 4. The van der Waals surface area contributed by atoms with Gasteiger partial charge in [-0.25, -0.2) is 17.5 Å². The third-order valence-corrected chi connectivity index (χ3v) is 5.93. The molecule has 0 radical (unpaired) electrons. The van der Waals surface area contributed by atoms with Crippen LogP contribution in [0, 0.1) is 19.7 Å². The van der Waals surface area contributed by atoms with Crippen LogP contribution >= 0.6 is 11.6 Å². The molecule has 28 heavy (non-hydrogen) atoms. The minimum Gasteiger partial charge on any atom is -0.266 e. The van der Waals surface area contributed by atoms with Crippen LogP contribution in [0.15, 0.2) is 35.4 Å². The number of nitrogens with zero attached hydrogens (tertiary/aromatic N) is 4. The van der Waals surface area contributed by atoms with E-state index in [9.17, 15) is 21.6 Å². The van der Waals surface area contributed by atoms with Crippen LogP contribution in [0.4, 0.5) is 19.0 Å². The zero-order valence-electron chi connectivity index (χ0n) is 14.7. The molecular weight excluding hydrogens is 419 g/mol. The Bertz CT molecular complexity index is 1110. The van der Waals surface area contributed by atoms with Gasteiger partial charge in [0.2, 0.25) is 0 Å². The molecule has 1 N–H and O–H groups in total. The molecule has 0 aliphatic rings. The summed E-state index contributed by atoms with van der Waals surface area (Å²) in [6.07, 6.45) is 1.43. The lowest BCUT2D eigenvalue weighted by Gasteiger charge is -2.07. The normalized spacial score (nSPS) is 12.0. The van der Waals surface area contributed by atoms with Crippen molar-refractivity contribution in [2.24, 2.45) is 0 Å². The Balaban J connectivity index is 1.85. The molecule has 0 amide bonds. The molecule has 0 unspecified atom stereocenters. The highest BCUT2D eigenvalue weighted by Gasteiger charge is 2.27. The summed E-state index contributed by atoms with van der Waals surface area (Å²) in [5.74, 6) is -0.577. The van der Waals surface area contributed by atoms with Gasteiger partial charge in [-0.05, 0) is 26.0 Å². The lowest BCUT2D eigenvalue weighted by atomic mass is 10.2. The first-order valence-electron chi connectivity index (χ1n) is 7.93. The number of benzene rings is 1. The van der Waals surface area contributed by atoms with Crippen LogP contribution in [-0.2, 0) is 16.6 Å². The van der Waals surface area contributed by atoms with E-state index in [-0.39, 0.29) is 39.2 Å². The maximum Gasteiger partial charge on any atom is 0.333 e. The first kappa shape index (κ1) is 20.2. The number of hydrogen-bond acceptors (Lipinski definition) is 4. The van der Waals surface area contributed by atoms with Gasteiger partial charge in [0.15, 0.2) is 5.82 Å². The van der Waals surface area contributed by atoms with Crippen molar-refractivity contribution in [2.45, 2.75) is 31.8 Å². The van der Waals surface area contributed by atoms with Gasteiger partial charge in [-0.3, -0.25) is 9.40 Å². The number of alkyl halides is 2. The lowest BCUT2D eigenvalue weighted by Crippen LogP contribution is -2.16. The Morgan fingerprint density at radius 2 is 1.93 bits per heavy atom. The quantitative estimate of drug-likeness (QED) is 0.642. The zero-order chi connectivity index (χ0) is 20.6. The minimum atomic E-state index is -4.21. The van der Waals surface area contributed by atoms with E-state index in [4.69, 9.17) is 11.6 Å². The Kier molecular flexibility index (Phi) is 5.39. The van der Waals surface area contributed by atoms with Crippen molar-refractivity contribution >= 4 is 27.4 Å². The maximum absolute atomic E-state index is 13.9. The van der Waals surface area contributed by atoms with Crippen molar-refractivity contribution in [3.05, 3.63) is 58.3 Å². The van der Waals surface area contributed by atoms with Crippen LogP contribution < -0.4 is 4.72 Å². The summed E-state index contributed by atoms with van der Waals surface area (Å²) < 4.78 is 68.8. The minimum absolute atomic E-state index is 0.0192. The van der Waals surface area contributed by atoms with Crippen LogP contribution in [0.1, 0.15) is 23.5 Å². The standard InChI is InChI=1S/C16H15ClF3N5O2S/c1-9-15(10(2)25(21-9)16(19)20)28(26,27)23-14-6-7-24(22-14)8-11-12(17)4-3-5-13(11)18/h3-7,16H,8H2,1-2H3,(H,22,23). The first-order chi connectivity index (χ1) is 13.1. The second kappa shape index (κ2) is 7.47. The topological polar surface area (TPSA) is 81.8 Å². The molecule has 1 aromatic carbocycles. The Labute approximate surface area is 163 Å². The molecule has 7 nitrogen and oxygen atoms in total. The van der Waals surface area contributed by atoms with Gasteiger partial charge in [-0.15, -0.1) is 0 Å². The summed E-state index contributed by atoms with van der Waals surface area (Å²) in [6, 6.07) is 5.60. The molecule has 0 saturated carbocycles. The largest absolute Gasteiger partial charge is 0.333 e. The van der Waals surface area contributed by atoms with Gasteiger partial charge in [0, 0.05) is 22.8 Å². The third-order valence-electron chi connectivity index (χ3n) is 3.97. The number of rotatable bonds is 6. The van der Waals surface area contributed by atoms with E-state index >= 15 is 0 Å². The average molecular weight is 434 g/mol. The summed E-state index contributed by atoms with van der Waals surface area (Å²) in [7, 11) is -4.21. The highest BCUT2D eigenvalue weighted by Crippen LogP contribution is 2.25. The number of anilines is 1.